The number of rotatable bonds is 0. The predicted octanol–water partition coefficient (Wildman–Crippen LogP) is 10.8. The normalized spacial score (nSPS) is 38.0. The lowest BCUT2D eigenvalue weighted by molar-refractivity contribution is 0.198. The van der Waals surface area contributed by atoms with E-state index in [0.717, 1.165) is 71.5 Å². The molecule has 1 aromatic rings. The Morgan fingerprint density at radius 1 is 0.563 bits per heavy atom. The second kappa shape index (κ2) is 29.2. The first-order chi connectivity index (χ1) is 33.3. The summed E-state index contributed by atoms with van der Waals surface area (Å²) < 4.78 is 12.8. The molecule has 9 aliphatic heterocycles. The standard InChI is InChI=1S/C10H13N.C8H15N.2C7H13N.2C7H15N.C6H12FN.C6H13N.C2H6.CH5N/c1-8-7-11(2)10-6-4-3-5-9(8)10;1-6-5-7-3-4-8(6)9(7)2;1-7-3-6(7)4-8(2)5-7;1-5-4-8(2)7-3-6(5)7;1-6-4-8(3)5-7(6)2;1-7(2)4-5-8(3)6-7;1-6(7)3-4-8(2)5-6;1-6-3-4-7(2)5-6;2*1-2/h3-6,8H,7H2,1-2H3;6-8H,3-5H2,1-2H3;6H,3-5H2,1-2H3;5-7H,3-4H2,1-2H3;6-7H,4-5H2,1-3H3;4-6H2,1-3H3;3-5H2,1-2H3;6H,3-5H2,1-2H3;1-2H3;2H2,1H3. The first kappa shape index (κ1) is 63.9. The molecule has 8 saturated heterocycles. The van der Waals surface area contributed by atoms with Crippen LogP contribution in [-0.4, -0.2) is 200 Å². The molecule has 10 heteroatoms. The second-order valence-corrected chi connectivity index (χ2v) is 26.5. The van der Waals surface area contributed by atoms with Crippen molar-refractivity contribution < 1.29 is 4.39 Å². The Hall–Kier alpha value is -1.37. The Morgan fingerprint density at radius 2 is 1.17 bits per heavy atom. The van der Waals surface area contributed by atoms with E-state index in [9.17, 15) is 4.39 Å². The lowest BCUT2D eigenvalue weighted by Crippen LogP contribution is -2.24. The van der Waals surface area contributed by atoms with E-state index in [2.05, 4.69) is 176 Å². The minimum atomic E-state index is -0.908. The van der Waals surface area contributed by atoms with Crippen LogP contribution in [0.1, 0.15) is 146 Å². The number of hydrogen-bond acceptors (Lipinski definition) is 9. The van der Waals surface area contributed by atoms with Gasteiger partial charge in [-0.15, -0.1) is 0 Å². The van der Waals surface area contributed by atoms with Crippen molar-refractivity contribution in [2.24, 2.45) is 58.0 Å². The maximum absolute atomic E-state index is 12.8. The molecule has 9 heterocycles. The van der Waals surface area contributed by atoms with E-state index in [-0.39, 0.29) is 0 Å². The van der Waals surface area contributed by atoms with Gasteiger partial charge in [0.15, 0.2) is 0 Å². The van der Waals surface area contributed by atoms with Crippen LogP contribution in [0, 0.1) is 52.3 Å². The molecule has 416 valence electrons. The third kappa shape index (κ3) is 20.6. The van der Waals surface area contributed by atoms with Crippen LogP contribution < -0.4 is 10.6 Å². The summed E-state index contributed by atoms with van der Waals surface area (Å²) >= 11 is 0. The van der Waals surface area contributed by atoms with E-state index in [1.54, 1.807) is 6.92 Å². The van der Waals surface area contributed by atoms with Crippen LogP contribution in [0.15, 0.2) is 24.3 Å². The molecule has 0 radical (unpaired) electrons. The Bertz CT molecular complexity index is 1510. The quantitative estimate of drug-likeness (QED) is 0.274. The molecule has 2 bridgehead atoms. The van der Waals surface area contributed by atoms with Crippen LogP contribution >= 0.6 is 0 Å². The fourth-order valence-electron chi connectivity index (χ4n) is 13.6. The van der Waals surface area contributed by atoms with Gasteiger partial charge in [-0.25, -0.2) is 4.39 Å². The summed E-state index contributed by atoms with van der Waals surface area (Å²) in [4.78, 5) is 19.0. The molecule has 10 fully saturated rings. The first-order valence-electron chi connectivity index (χ1n) is 29.2. The highest BCUT2D eigenvalue weighted by atomic mass is 19.1. The average Bonchev–Trinajstić information content (AvgIpc) is 3.55. The number of benzene rings is 1. The van der Waals surface area contributed by atoms with E-state index in [1.807, 2.05) is 25.8 Å². The third-order valence-electron chi connectivity index (χ3n) is 18.3. The molecule has 1 aromatic carbocycles. The van der Waals surface area contributed by atoms with Gasteiger partial charge < -0.3 is 44.9 Å². The Labute approximate surface area is 441 Å². The molecule has 13 atom stereocenters. The molecule has 13 unspecified atom stereocenters. The van der Waals surface area contributed by atoms with E-state index in [0.29, 0.717) is 24.3 Å². The molecule has 2 saturated carbocycles. The van der Waals surface area contributed by atoms with Crippen LogP contribution in [0.5, 0.6) is 0 Å². The van der Waals surface area contributed by atoms with Crippen molar-refractivity contribution in [1.82, 2.24) is 34.3 Å². The molecule has 2 aliphatic carbocycles. The summed E-state index contributed by atoms with van der Waals surface area (Å²) in [5.41, 5.74) is 7.84. The summed E-state index contributed by atoms with van der Waals surface area (Å²) in [5, 5.41) is 0. The molecule has 11 aliphatic rings. The van der Waals surface area contributed by atoms with E-state index in [4.69, 9.17) is 0 Å². The maximum atomic E-state index is 12.8. The zero-order valence-electron chi connectivity index (χ0n) is 50.8. The molecule has 2 N–H and O–H groups in total. The maximum Gasteiger partial charge on any atom is 0.122 e. The minimum absolute atomic E-state index is 0.592. The lowest BCUT2D eigenvalue weighted by atomic mass is 9.91. The largest absolute Gasteiger partial charge is 0.374 e. The van der Waals surface area contributed by atoms with Crippen molar-refractivity contribution in [3.63, 3.8) is 0 Å². The van der Waals surface area contributed by atoms with Crippen molar-refractivity contribution in [2.45, 2.75) is 164 Å². The molecular weight excluding hydrogens is 878 g/mol. The topological polar surface area (TPSA) is 51.9 Å². The van der Waals surface area contributed by atoms with Gasteiger partial charge in [-0.05, 0) is 192 Å². The average molecular weight is 999 g/mol. The highest BCUT2D eigenvalue weighted by molar-refractivity contribution is 5.59. The first-order valence-corrected chi connectivity index (χ1v) is 29.2. The zero-order valence-corrected chi connectivity index (χ0v) is 50.8. The number of anilines is 1. The summed E-state index contributed by atoms with van der Waals surface area (Å²) in [6, 6.07) is 11.5. The van der Waals surface area contributed by atoms with E-state index < -0.39 is 5.67 Å². The Balaban J connectivity index is 0.000000213. The summed E-state index contributed by atoms with van der Waals surface area (Å²) in [6.45, 7) is 41.2. The van der Waals surface area contributed by atoms with Crippen molar-refractivity contribution >= 4 is 5.69 Å². The van der Waals surface area contributed by atoms with Crippen LogP contribution in [0.4, 0.5) is 10.1 Å². The number of fused-ring (bicyclic) bond motifs is 5. The van der Waals surface area contributed by atoms with Crippen LogP contribution in [-0.2, 0) is 0 Å². The van der Waals surface area contributed by atoms with Gasteiger partial charge in [-0.1, -0.05) is 94.4 Å². The van der Waals surface area contributed by atoms with E-state index >= 15 is 0 Å². The van der Waals surface area contributed by atoms with Crippen molar-refractivity contribution in [2.75, 3.05) is 147 Å². The second-order valence-electron chi connectivity index (χ2n) is 26.5. The molecule has 71 heavy (non-hydrogen) atoms. The van der Waals surface area contributed by atoms with E-state index in [1.165, 1.54) is 129 Å². The molecule has 0 amide bonds. The molecule has 9 nitrogen and oxygen atoms in total. The number of nitrogens with zero attached hydrogens (tertiary/aromatic N) is 8. The number of para-hydroxylation sites is 1. The lowest BCUT2D eigenvalue weighted by Gasteiger charge is -2.16. The fourth-order valence-corrected chi connectivity index (χ4v) is 13.6. The predicted molar refractivity (Wildman–Crippen MR) is 310 cm³/mol. The van der Waals surface area contributed by atoms with Crippen molar-refractivity contribution in [3.8, 4) is 0 Å². The van der Waals surface area contributed by atoms with Gasteiger partial charge in [0, 0.05) is 102 Å². The summed E-state index contributed by atoms with van der Waals surface area (Å²) in [6.07, 6.45) is 10.8. The van der Waals surface area contributed by atoms with Crippen LogP contribution in [0.3, 0.4) is 0 Å². The molecule has 12 rings (SSSR count). The Kier molecular flexibility index (Phi) is 26.3. The number of alkyl halides is 1. The van der Waals surface area contributed by atoms with Gasteiger partial charge in [-0.2, -0.15) is 0 Å². The summed E-state index contributed by atoms with van der Waals surface area (Å²) in [5.74, 6) is 7.60. The highest BCUT2D eigenvalue weighted by Crippen LogP contribution is 2.56. The van der Waals surface area contributed by atoms with Gasteiger partial charge in [-0.3, -0.25) is 0 Å². The SMILES string of the molecule is CC.CC1CC2CCC1N2C.CC1CCN(C)C1.CC1CN(C)C2CC12.CC1CN(C)CC1C.CC1CN(C)c2ccccc21.CN.CN1CC2CC2(C)C1.CN1CCC(C)(C)C1.CN1CCC(C)(F)C1. The minimum Gasteiger partial charge on any atom is -0.374 e. The third-order valence-corrected chi connectivity index (χ3v) is 18.3. The monoisotopic (exact) mass is 998 g/mol. The number of piperidine rings is 2. The Morgan fingerprint density at radius 3 is 1.41 bits per heavy atom. The van der Waals surface area contributed by atoms with Gasteiger partial charge in [0.2, 0.25) is 0 Å². The highest BCUT2D eigenvalue weighted by Gasteiger charge is 2.55. The number of nitrogens with two attached hydrogens (primary N) is 1. The van der Waals surface area contributed by atoms with Gasteiger partial charge in [0.05, 0.1) is 0 Å². The molecule has 0 spiro atoms. The molecular formula is C61H120FN9. The van der Waals surface area contributed by atoms with Gasteiger partial charge >= 0.3 is 0 Å². The van der Waals surface area contributed by atoms with Gasteiger partial charge in [0.1, 0.15) is 5.67 Å². The number of hydrogen-bond donors (Lipinski definition) is 1. The number of halogens is 1. The summed E-state index contributed by atoms with van der Waals surface area (Å²) in [7, 11) is 18.9. The zero-order chi connectivity index (χ0) is 53.6. The fraction of sp³-hybridized carbons (Fsp3) is 0.902. The van der Waals surface area contributed by atoms with Crippen molar-refractivity contribution in [3.05, 3.63) is 29.8 Å². The number of likely N-dealkylation sites (N-methyl/N-ethyl adjacent to an activating group) is 1. The smallest absolute Gasteiger partial charge is 0.122 e. The van der Waals surface area contributed by atoms with Crippen molar-refractivity contribution in [1.29, 1.82) is 0 Å². The van der Waals surface area contributed by atoms with Gasteiger partial charge in [0.25, 0.3) is 0 Å². The van der Waals surface area contributed by atoms with Crippen LogP contribution in [0.2, 0.25) is 0 Å². The number of likely N-dealkylation sites (tertiary alicyclic amines) is 6. The van der Waals surface area contributed by atoms with Crippen LogP contribution in [0.25, 0.3) is 0 Å². The molecule has 0 aromatic heterocycles.